The highest BCUT2D eigenvalue weighted by atomic mass is 16.1. The number of nitrogens with one attached hydrogen (secondary N) is 1. The van der Waals surface area contributed by atoms with Gasteiger partial charge in [0, 0.05) is 24.5 Å². The highest BCUT2D eigenvalue weighted by Gasteiger charge is 2.27. The SMILES string of the molecule is NC(=O)c1cccc2c1C(c1cn3ccccc3n1)NCC2. The molecule has 0 fully saturated rings. The molecule has 110 valence electrons. The smallest absolute Gasteiger partial charge is 0.249 e. The van der Waals surface area contributed by atoms with Gasteiger partial charge in [-0.05, 0) is 35.7 Å². The van der Waals surface area contributed by atoms with Gasteiger partial charge in [0.05, 0.1) is 11.7 Å². The molecular weight excluding hydrogens is 276 g/mol. The van der Waals surface area contributed by atoms with Crippen LogP contribution in [-0.4, -0.2) is 21.8 Å². The van der Waals surface area contributed by atoms with E-state index in [4.69, 9.17) is 5.73 Å². The third kappa shape index (κ3) is 1.98. The number of hydrogen-bond donors (Lipinski definition) is 2. The Morgan fingerprint density at radius 1 is 1.27 bits per heavy atom. The van der Waals surface area contributed by atoms with E-state index in [0.717, 1.165) is 35.4 Å². The summed E-state index contributed by atoms with van der Waals surface area (Å²) in [6.45, 7) is 0.855. The molecule has 3 heterocycles. The number of fused-ring (bicyclic) bond motifs is 2. The highest BCUT2D eigenvalue weighted by molar-refractivity contribution is 5.95. The van der Waals surface area contributed by atoms with Gasteiger partial charge in [-0.1, -0.05) is 18.2 Å². The van der Waals surface area contributed by atoms with Crippen LogP contribution in [0.25, 0.3) is 5.65 Å². The maximum absolute atomic E-state index is 11.8. The van der Waals surface area contributed by atoms with Gasteiger partial charge in [0.1, 0.15) is 5.65 Å². The van der Waals surface area contributed by atoms with Crippen LogP contribution in [0.15, 0.2) is 48.8 Å². The van der Waals surface area contributed by atoms with Gasteiger partial charge in [-0.2, -0.15) is 0 Å². The summed E-state index contributed by atoms with van der Waals surface area (Å²) >= 11 is 0. The minimum atomic E-state index is -0.394. The monoisotopic (exact) mass is 292 g/mol. The number of hydrogen-bond acceptors (Lipinski definition) is 3. The molecule has 3 N–H and O–H groups in total. The molecule has 0 radical (unpaired) electrons. The molecule has 1 aliphatic rings. The molecule has 1 atom stereocenters. The van der Waals surface area contributed by atoms with Gasteiger partial charge in [-0.15, -0.1) is 0 Å². The molecule has 1 amide bonds. The Morgan fingerprint density at radius 3 is 3.00 bits per heavy atom. The van der Waals surface area contributed by atoms with Gasteiger partial charge < -0.3 is 15.5 Å². The van der Waals surface area contributed by atoms with Crippen molar-refractivity contribution in [2.45, 2.75) is 12.5 Å². The van der Waals surface area contributed by atoms with Crippen molar-refractivity contribution in [1.29, 1.82) is 0 Å². The number of benzene rings is 1. The van der Waals surface area contributed by atoms with Crippen molar-refractivity contribution >= 4 is 11.6 Å². The number of rotatable bonds is 2. The summed E-state index contributed by atoms with van der Waals surface area (Å²) in [5.41, 5.74) is 10.1. The van der Waals surface area contributed by atoms with Gasteiger partial charge in [-0.25, -0.2) is 4.98 Å². The first-order valence-electron chi connectivity index (χ1n) is 7.32. The van der Waals surface area contributed by atoms with Gasteiger partial charge in [0.2, 0.25) is 5.91 Å². The molecular formula is C17H16N4O. The molecule has 3 aromatic rings. The van der Waals surface area contributed by atoms with E-state index in [0.29, 0.717) is 5.56 Å². The summed E-state index contributed by atoms with van der Waals surface area (Å²) in [6, 6.07) is 11.5. The molecule has 0 bridgehead atoms. The zero-order chi connectivity index (χ0) is 15.1. The van der Waals surface area contributed by atoms with Gasteiger partial charge >= 0.3 is 0 Å². The first-order valence-corrected chi connectivity index (χ1v) is 7.32. The average molecular weight is 292 g/mol. The minimum absolute atomic E-state index is 0.104. The number of imidazole rings is 1. The molecule has 0 saturated heterocycles. The van der Waals surface area contributed by atoms with E-state index in [1.165, 1.54) is 0 Å². The molecule has 1 aromatic carbocycles. The Hall–Kier alpha value is -2.66. The number of primary amides is 1. The maximum atomic E-state index is 11.8. The Morgan fingerprint density at radius 2 is 2.18 bits per heavy atom. The second kappa shape index (κ2) is 4.96. The molecule has 1 aliphatic heterocycles. The quantitative estimate of drug-likeness (QED) is 0.754. The first kappa shape index (κ1) is 13.0. The molecule has 2 aromatic heterocycles. The lowest BCUT2D eigenvalue weighted by atomic mass is 9.88. The Bertz CT molecular complexity index is 835. The molecule has 4 rings (SSSR count). The molecule has 0 spiro atoms. The lowest BCUT2D eigenvalue weighted by Gasteiger charge is -2.27. The number of amides is 1. The summed E-state index contributed by atoms with van der Waals surface area (Å²) in [5.74, 6) is -0.394. The summed E-state index contributed by atoms with van der Waals surface area (Å²) in [6.07, 6.45) is 4.86. The van der Waals surface area contributed by atoms with Crippen LogP contribution in [0.2, 0.25) is 0 Å². The second-order valence-electron chi connectivity index (χ2n) is 5.51. The highest BCUT2D eigenvalue weighted by Crippen LogP contribution is 2.31. The summed E-state index contributed by atoms with van der Waals surface area (Å²) < 4.78 is 1.98. The zero-order valence-corrected chi connectivity index (χ0v) is 12.0. The lowest BCUT2D eigenvalue weighted by Crippen LogP contribution is -2.33. The fourth-order valence-electron chi connectivity index (χ4n) is 3.19. The number of aromatic nitrogens is 2. The lowest BCUT2D eigenvalue weighted by molar-refractivity contribution is 0.0998. The van der Waals surface area contributed by atoms with Crippen LogP contribution in [0.1, 0.15) is 33.2 Å². The first-order chi connectivity index (χ1) is 10.7. The number of carbonyl (C=O) groups is 1. The fraction of sp³-hybridized carbons (Fsp3) is 0.176. The second-order valence-corrected chi connectivity index (χ2v) is 5.51. The average Bonchev–Trinajstić information content (AvgIpc) is 2.97. The Labute approximate surface area is 127 Å². The van der Waals surface area contributed by atoms with Crippen LogP contribution in [0.4, 0.5) is 0 Å². The van der Waals surface area contributed by atoms with Crippen molar-refractivity contribution in [2.24, 2.45) is 5.73 Å². The van der Waals surface area contributed by atoms with Crippen LogP contribution in [-0.2, 0) is 6.42 Å². The maximum Gasteiger partial charge on any atom is 0.249 e. The van der Waals surface area contributed by atoms with Crippen LogP contribution in [0, 0.1) is 0 Å². The molecule has 5 nitrogen and oxygen atoms in total. The predicted molar refractivity (Wildman–Crippen MR) is 83.7 cm³/mol. The van der Waals surface area contributed by atoms with Crippen molar-refractivity contribution < 1.29 is 4.79 Å². The fourth-order valence-corrected chi connectivity index (χ4v) is 3.19. The van der Waals surface area contributed by atoms with Crippen LogP contribution < -0.4 is 11.1 Å². The molecule has 5 heteroatoms. The summed E-state index contributed by atoms with van der Waals surface area (Å²) in [5, 5.41) is 3.46. The molecule has 0 aliphatic carbocycles. The van der Waals surface area contributed by atoms with Gasteiger partial charge in [0.25, 0.3) is 0 Å². The number of carbonyl (C=O) groups excluding carboxylic acids is 1. The van der Waals surface area contributed by atoms with E-state index in [2.05, 4.69) is 16.4 Å². The number of nitrogens with two attached hydrogens (primary N) is 1. The van der Waals surface area contributed by atoms with E-state index < -0.39 is 5.91 Å². The van der Waals surface area contributed by atoms with Crippen molar-refractivity contribution in [1.82, 2.24) is 14.7 Å². The molecule has 0 saturated carbocycles. The van der Waals surface area contributed by atoms with E-state index in [1.54, 1.807) is 6.07 Å². The number of nitrogens with zero attached hydrogens (tertiary/aromatic N) is 2. The van der Waals surface area contributed by atoms with E-state index >= 15 is 0 Å². The predicted octanol–water partition coefficient (Wildman–Crippen LogP) is 1.67. The number of pyridine rings is 1. The normalized spacial score (nSPS) is 17.4. The van der Waals surface area contributed by atoms with Crippen LogP contribution >= 0.6 is 0 Å². The van der Waals surface area contributed by atoms with Crippen LogP contribution in [0.5, 0.6) is 0 Å². The molecule has 22 heavy (non-hydrogen) atoms. The molecule has 1 unspecified atom stereocenters. The zero-order valence-electron chi connectivity index (χ0n) is 12.0. The van der Waals surface area contributed by atoms with Crippen LogP contribution in [0.3, 0.4) is 0 Å². The van der Waals surface area contributed by atoms with Crippen molar-refractivity contribution in [3.8, 4) is 0 Å². The van der Waals surface area contributed by atoms with E-state index in [1.807, 2.05) is 41.1 Å². The van der Waals surface area contributed by atoms with Crippen molar-refractivity contribution in [2.75, 3.05) is 6.54 Å². The van der Waals surface area contributed by atoms with Crippen molar-refractivity contribution in [3.63, 3.8) is 0 Å². The third-order valence-corrected chi connectivity index (χ3v) is 4.17. The summed E-state index contributed by atoms with van der Waals surface area (Å²) in [7, 11) is 0. The van der Waals surface area contributed by atoms with Gasteiger partial charge in [-0.3, -0.25) is 4.79 Å². The van der Waals surface area contributed by atoms with E-state index in [-0.39, 0.29) is 6.04 Å². The Kier molecular flexibility index (Phi) is 2.94. The summed E-state index contributed by atoms with van der Waals surface area (Å²) in [4.78, 5) is 16.5. The van der Waals surface area contributed by atoms with Crippen molar-refractivity contribution in [3.05, 3.63) is 71.2 Å². The van der Waals surface area contributed by atoms with E-state index in [9.17, 15) is 4.79 Å². The standard InChI is InChI=1S/C17H16N4O/c18-17(22)12-5-3-4-11-7-8-19-16(15(11)12)13-10-21-9-2-1-6-14(21)20-13/h1-6,9-10,16,19H,7-8H2,(H2,18,22). The topological polar surface area (TPSA) is 72.4 Å². The third-order valence-electron chi connectivity index (χ3n) is 4.17. The Balaban J connectivity index is 1.90. The minimum Gasteiger partial charge on any atom is -0.366 e. The van der Waals surface area contributed by atoms with Gasteiger partial charge in [0.15, 0.2) is 0 Å². The largest absolute Gasteiger partial charge is 0.366 e.